The van der Waals surface area contributed by atoms with E-state index in [0.29, 0.717) is 6.61 Å². The zero-order chi connectivity index (χ0) is 15.3. The summed E-state index contributed by atoms with van der Waals surface area (Å²) in [4.78, 5) is 11.9. The monoisotopic (exact) mass is 290 g/mol. The molecule has 0 aromatic heterocycles. The molecule has 1 aromatic carbocycles. The predicted octanol–water partition coefficient (Wildman–Crippen LogP) is 5.47. The maximum Gasteiger partial charge on any atom is 0.313 e. The fraction of sp³-hybridized carbons (Fsp3) is 0.632. The second-order valence-corrected chi connectivity index (χ2v) is 5.77. The van der Waals surface area contributed by atoms with Crippen molar-refractivity contribution in [3.05, 3.63) is 35.9 Å². The van der Waals surface area contributed by atoms with Crippen LogP contribution in [0.25, 0.3) is 0 Å². The molecule has 2 nitrogen and oxygen atoms in total. The minimum atomic E-state index is -0.166. The molecule has 0 bridgehead atoms. The smallest absolute Gasteiger partial charge is 0.313 e. The molecular formula is C19H30O2. The molecule has 0 N–H and O–H groups in total. The average molecular weight is 290 g/mol. The Morgan fingerprint density at radius 3 is 2.14 bits per heavy atom. The lowest BCUT2D eigenvalue weighted by atomic mass is 10.0. The predicted molar refractivity (Wildman–Crippen MR) is 88.4 cm³/mol. The van der Waals surface area contributed by atoms with Gasteiger partial charge in [-0.2, -0.15) is 0 Å². The first-order valence-electron chi connectivity index (χ1n) is 8.47. The first-order chi connectivity index (χ1) is 10.3. The Labute approximate surface area is 129 Å². The van der Waals surface area contributed by atoms with Crippen LogP contribution in [0.1, 0.15) is 76.7 Å². The van der Waals surface area contributed by atoms with Gasteiger partial charge in [0.1, 0.15) is 0 Å². The maximum absolute atomic E-state index is 11.9. The molecule has 0 aliphatic heterocycles. The Morgan fingerprint density at radius 1 is 0.952 bits per heavy atom. The molecule has 21 heavy (non-hydrogen) atoms. The zero-order valence-corrected chi connectivity index (χ0v) is 13.6. The normalized spacial score (nSPS) is 12.1. The number of carbonyl (C=O) groups is 1. The van der Waals surface area contributed by atoms with Crippen molar-refractivity contribution in [3.8, 4) is 0 Å². The molecule has 0 saturated carbocycles. The molecule has 0 aliphatic rings. The Kier molecular flexibility index (Phi) is 9.60. The van der Waals surface area contributed by atoms with Crippen molar-refractivity contribution < 1.29 is 9.53 Å². The quantitative estimate of drug-likeness (QED) is 0.399. The molecule has 118 valence electrons. The van der Waals surface area contributed by atoms with Gasteiger partial charge in [-0.05, 0) is 18.9 Å². The summed E-state index contributed by atoms with van der Waals surface area (Å²) >= 11 is 0. The van der Waals surface area contributed by atoms with Crippen molar-refractivity contribution in [2.75, 3.05) is 6.61 Å². The molecule has 1 unspecified atom stereocenters. The summed E-state index contributed by atoms with van der Waals surface area (Å²) in [5.74, 6) is -0.274. The fourth-order valence-electron chi connectivity index (χ4n) is 2.41. The molecule has 2 heteroatoms. The zero-order valence-electron chi connectivity index (χ0n) is 13.6. The summed E-state index contributed by atoms with van der Waals surface area (Å²) in [6.07, 6.45) is 10.1. The van der Waals surface area contributed by atoms with Crippen molar-refractivity contribution in [3.63, 3.8) is 0 Å². The van der Waals surface area contributed by atoms with E-state index in [1.54, 1.807) is 0 Å². The van der Waals surface area contributed by atoms with Gasteiger partial charge in [0.05, 0.1) is 12.5 Å². The first kappa shape index (κ1) is 17.7. The molecule has 0 radical (unpaired) electrons. The van der Waals surface area contributed by atoms with Crippen molar-refractivity contribution in [2.24, 2.45) is 0 Å². The van der Waals surface area contributed by atoms with Crippen LogP contribution in [-0.4, -0.2) is 12.6 Å². The highest BCUT2D eigenvalue weighted by atomic mass is 16.5. The van der Waals surface area contributed by atoms with E-state index in [0.717, 1.165) is 12.0 Å². The highest BCUT2D eigenvalue weighted by Crippen LogP contribution is 2.16. The van der Waals surface area contributed by atoms with E-state index in [-0.39, 0.29) is 11.9 Å². The van der Waals surface area contributed by atoms with Crippen LogP contribution in [0, 0.1) is 0 Å². The van der Waals surface area contributed by atoms with Crippen LogP contribution in [0.15, 0.2) is 30.3 Å². The van der Waals surface area contributed by atoms with Crippen LogP contribution < -0.4 is 0 Å². The van der Waals surface area contributed by atoms with Gasteiger partial charge < -0.3 is 4.74 Å². The van der Waals surface area contributed by atoms with Crippen molar-refractivity contribution >= 4 is 5.97 Å². The van der Waals surface area contributed by atoms with Gasteiger partial charge in [-0.3, -0.25) is 4.79 Å². The fourth-order valence-corrected chi connectivity index (χ4v) is 2.41. The molecule has 0 saturated heterocycles. The lowest BCUT2D eigenvalue weighted by Gasteiger charge is -2.11. The molecular weight excluding hydrogens is 260 g/mol. The van der Waals surface area contributed by atoms with Gasteiger partial charge in [0.2, 0.25) is 0 Å². The van der Waals surface area contributed by atoms with Crippen LogP contribution in [0.4, 0.5) is 0 Å². The van der Waals surface area contributed by atoms with Gasteiger partial charge in [0.25, 0.3) is 0 Å². The molecule has 0 amide bonds. The van der Waals surface area contributed by atoms with E-state index < -0.39 is 0 Å². The molecule has 1 aromatic rings. The number of ether oxygens (including phenoxy) is 1. The van der Waals surface area contributed by atoms with Crippen LogP contribution in [0.3, 0.4) is 0 Å². The molecule has 0 aliphatic carbocycles. The maximum atomic E-state index is 11.9. The summed E-state index contributed by atoms with van der Waals surface area (Å²) in [6.45, 7) is 4.71. The Hall–Kier alpha value is -1.31. The first-order valence-corrected chi connectivity index (χ1v) is 8.47. The number of rotatable bonds is 11. The van der Waals surface area contributed by atoms with Crippen molar-refractivity contribution in [2.45, 2.75) is 71.1 Å². The van der Waals surface area contributed by atoms with Gasteiger partial charge in [-0.25, -0.2) is 0 Å². The average Bonchev–Trinajstić information content (AvgIpc) is 2.53. The van der Waals surface area contributed by atoms with Crippen LogP contribution >= 0.6 is 0 Å². The number of unbranched alkanes of at least 4 members (excludes halogenated alkanes) is 7. The summed E-state index contributed by atoms with van der Waals surface area (Å²) < 4.78 is 5.36. The van der Waals surface area contributed by atoms with E-state index in [1.807, 2.05) is 37.3 Å². The van der Waals surface area contributed by atoms with Crippen LogP contribution in [0.5, 0.6) is 0 Å². The number of benzene rings is 1. The van der Waals surface area contributed by atoms with Crippen molar-refractivity contribution in [1.29, 1.82) is 0 Å². The minimum absolute atomic E-state index is 0.107. The third-order valence-corrected chi connectivity index (χ3v) is 3.90. The minimum Gasteiger partial charge on any atom is -0.465 e. The number of hydrogen-bond donors (Lipinski definition) is 0. The number of esters is 1. The number of carbonyl (C=O) groups excluding carboxylic acids is 1. The third-order valence-electron chi connectivity index (χ3n) is 3.90. The Morgan fingerprint density at radius 2 is 1.52 bits per heavy atom. The summed E-state index contributed by atoms with van der Waals surface area (Å²) in [7, 11) is 0. The molecule has 1 atom stereocenters. The lowest BCUT2D eigenvalue weighted by molar-refractivity contribution is -0.145. The Balaban J connectivity index is 2.03. The molecule has 0 spiro atoms. The highest BCUT2D eigenvalue weighted by Gasteiger charge is 2.15. The summed E-state index contributed by atoms with van der Waals surface area (Å²) in [6, 6.07) is 9.82. The molecule has 0 heterocycles. The second kappa shape index (κ2) is 11.4. The highest BCUT2D eigenvalue weighted by molar-refractivity contribution is 5.77. The van der Waals surface area contributed by atoms with Gasteiger partial charge in [-0.1, -0.05) is 82.2 Å². The van der Waals surface area contributed by atoms with Gasteiger partial charge >= 0.3 is 5.97 Å². The lowest BCUT2D eigenvalue weighted by Crippen LogP contribution is -2.13. The largest absolute Gasteiger partial charge is 0.465 e. The van der Waals surface area contributed by atoms with Gasteiger partial charge in [0, 0.05) is 0 Å². The second-order valence-electron chi connectivity index (χ2n) is 5.77. The van der Waals surface area contributed by atoms with E-state index in [2.05, 4.69) is 6.92 Å². The summed E-state index contributed by atoms with van der Waals surface area (Å²) in [5.41, 5.74) is 1.03. The third kappa shape index (κ3) is 7.89. The SMILES string of the molecule is CCCCCCCCCCOC(=O)C(C)c1ccccc1. The summed E-state index contributed by atoms with van der Waals surface area (Å²) in [5, 5.41) is 0. The van der Waals surface area contributed by atoms with Gasteiger partial charge in [0.15, 0.2) is 0 Å². The number of hydrogen-bond acceptors (Lipinski definition) is 2. The van der Waals surface area contributed by atoms with E-state index in [4.69, 9.17) is 4.74 Å². The van der Waals surface area contributed by atoms with Gasteiger partial charge in [-0.15, -0.1) is 0 Å². The molecule has 1 rings (SSSR count). The van der Waals surface area contributed by atoms with Crippen LogP contribution in [-0.2, 0) is 9.53 Å². The van der Waals surface area contributed by atoms with Crippen molar-refractivity contribution in [1.82, 2.24) is 0 Å². The van der Waals surface area contributed by atoms with E-state index in [1.165, 1.54) is 44.9 Å². The Bertz CT molecular complexity index is 372. The van der Waals surface area contributed by atoms with Crippen LogP contribution in [0.2, 0.25) is 0 Å². The topological polar surface area (TPSA) is 26.3 Å². The van der Waals surface area contributed by atoms with E-state index >= 15 is 0 Å². The molecule has 0 fully saturated rings. The van der Waals surface area contributed by atoms with E-state index in [9.17, 15) is 4.79 Å². The standard InChI is InChI=1S/C19H30O2/c1-3-4-5-6-7-8-9-13-16-21-19(20)17(2)18-14-11-10-12-15-18/h10-12,14-15,17H,3-9,13,16H2,1-2H3.